The summed E-state index contributed by atoms with van der Waals surface area (Å²) in [7, 11) is 0. The van der Waals surface area contributed by atoms with Gasteiger partial charge in [-0.3, -0.25) is 9.59 Å². The quantitative estimate of drug-likeness (QED) is 0.781. The molecule has 0 bridgehead atoms. The Hall–Kier alpha value is -3.21. The minimum absolute atomic E-state index is 0.148. The molecule has 25 heavy (non-hydrogen) atoms. The van der Waals surface area contributed by atoms with E-state index >= 15 is 0 Å². The van der Waals surface area contributed by atoms with Crippen LogP contribution >= 0.6 is 0 Å². The van der Waals surface area contributed by atoms with Gasteiger partial charge in [-0.2, -0.15) is 5.10 Å². The minimum Gasteiger partial charge on any atom is -0.344 e. The van der Waals surface area contributed by atoms with Crippen molar-refractivity contribution >= 4 is 5.91 Å². The van der Waals surface area contributed by atoms with Crippen LogP contribution in [0.2, 0.25) is 0 Å². The van der Waals surface area contributed by atoms with Gasteiger partial charge in [0.25, 0.3) is 11.5 Å². The van der Waals surface area contributed by atoms with Crippen molar-refractivity contribution in [1.29, 1.82) is 0 Å². The Labute approximate surface area is 145 Å². The number of benzene rings is 2. The van der Waals surface area contributed by atoms with Crippen LogP contribution in [0.15, 0.2) is 77.6 Å². The summed E-state index contributed by atoms with van der Waals surface area (Å²) in [5, 5.41) is 7.11. The Balaban J connectivity index is 1.77. The Morgan fingerprint density at radius 1 is 1.00 bits per heavy atom. The Bertz CT molecular complexity index is 905. The number of hydrogen-bond donors (Lipinski definition) is 1. The summed E-state index contributed by atoms with van der Waals surface area (Å²) >= 11 is 0. The molecule has 1 unspecified atom stereocenters. The smallest absolute Gasteiger partial charge is 0.272 e. The molecule has 126 valence electrons. The normalized spacial score (nSPS) is 11.7. The number of hydrogen-bond acceptors (Lipinski definition) is 3. The number of rotatable bonds is 5. The van der Waals surface area contributed by atoms with E-state index in [0.29, 0.717) is 6.54 Å². The molecule has 0 fully saturated rings. The van der Waals surface area contributed by atoms with Gasteiger partial charge in [0, 0.05) is 6.07 Å². The summed E-state index contributed by atoms with van der Waals surface area (Å²) in [5.74, 6) is -0.307. The summed E-state index contributed by atoms with van der Waals surface area (Å²) in [4.78, 5) is 24.5. The molecule has 5 heteroatoms. The number of carbonyl (C=O) groups excluding carboxylic acids is 1. The molecule has 3 aromatic rings. The molecule has 0 saturated heterocycles. The molecule has 5 nitrogen and oxygen atoms in total. The Kier molecular flexibility index (Phi) is 5.04. The van der Waals surface area contributed by atoms with Gasteiger partial charge in [-0.05, 0) is 24.1 Å². The highest BCUT2D eigenvalue weighted by Gasteiger charge is 2.14. The molecule has 2 aromatic carbocycles. The third-order valence-electron chi connectivity index (χ3n) is 3.92. The first kappa shape index (κ1) is 16.6. The maximum absolute atomic E-state index is 12.5. The molecule has 0 aliphatic rings. The van der Waals surface area contributed by atoms with Gasteiger partial charge in [-0.15, -0.1) is 0 Å². The third kappa shape index (κ3) is 4.20. The van der Waals surface area contributed by atoms with Gasteiger partial charge in [0.1, 0.15) is 5.69 Å². The molecule has 0 saturated carbocycles. The molecular formula is C20H19N3O2. The predicted molar refractivity (Wildman–Crippen MR) is 96.4 cm³/mol. The fourth-order valence-electron chi connectivity index (χ4n) is 2.54. The van der Waals surface area contributed by atoms with Crippen LogP contribution in [0.3, 0.4) is 0 Å². The largest absolute Gasteiger partial charge is 0.344 e. The van der Waals surface area contributed by atoms with Gasteiger partial charge in [0.15, 0.2) is 0 Å². The monoisotopic (exact) mass is 333 g/mol. The van der Waals surface area contributed by atoms with Crippen molar-refractivity contribution in [3.05, 3.63) is 100.0 Å². The summed E-state index contributed by atoms with van der Waals surface area (Å²) < 4.78 is 1.30. The molecule has 1 aromatic heterocycles. The number of carbonyl (C=O) groups is 1. The van der Waals surface area contributed by atoms with E-state index in [1.807, 2.05) is 67.6 Å². The van der Waals surface area contributed by atoms with Crippen molar-refractivity contribution in [1.82, 2.24) is 15.1 Å². The van der Waals surface area contributed by atoms with Crippen molar-refractivity contribution in [3.8, 4) is 0 Å². The first-order valence-corrected chi connectivity index (χ1v) is 8.11. The lowest BCUT2D eigenvalue weighted by Gasteiger charge is -2.14. The minimum atomic E-state index is -0.307. The molecule has 0 radical (unpaired) electrons. The fraction of sp³-hybridized carbons (Fsp3) is 0.150. The number of amides is 1. The predicted octanol–water partition coefficient (Wildman–Crippen LogP) is 2.78. The average molecular weight is 333 g/mol. The molecule has 0 aliphatic heterocycles. The summed E-state index contributed by atoms with van der Waals surface area (Å²) in [6, 6.07) is 21.9. The second kappa shape index (κ2) is 7.57. The highest BCUT2D eigenvalue weighted by molar-refractivity contribution is 5.92. The summed E-state index contributed by atoms with van der Waals surface area (Å²) in [6.07, 6.45) is 0. The van der Waals surface area contributed by atoms with Crippen LogP contribution in [-0.2, 0) is 6.54 Å². The van der Waals surface area contributed by atoms with E-state index in [2.05, 4.69) is 10.4 Å². The SMILES string of the molecule is CC(NC(=O)c1ccc(=O)n(Cc2ccccc2)n1)c1ccccc1. The fourth-order valence-corrected chi connectivity index (χ4v) is 2.54. The van der Waals surface area contributed by atoms with Gasteiger partial charge in [-0.25, -0.2) is 4.68 Å². The highest BCUT2D eigenvalue weighted by atomic mass is 16.2. The first-order chi connectivity index (χ1) is 12.1. The van der Waals surface area contributed by atoms with E-state index in [-0.39, 0.29) is 23.2 Å². The molecule has 1 heterocycles. The van der Waals surface area contributed by atoms with Crippen LogP contribution in [0.4, 0.5) is 0 Å². The van der Waals surface area contributed by atoms with Crippen LogP contribution < -0.4 is 10.9 Å². The number of aromatic nitrogens is 2. The lowest BCUT2D eigenvalue weighted by molar-refractivity contribution is 0.0932. The third-order valence-corrected chi connectivity index (χ3v) is 3.92. The van der Waals surface area contributed by atoms with E-state index in [1.165, 1.54) is 16.8 Å². The lowest BCUT2D eigenvalue weighted by atomic mass is 10.1. The zero-order chi connectivity index (χ0) is 17.6. The second-order valence-corrected chi connectivity index (χ2v) is 5.81. The second-order valence-electron chi connectivity index (χ2n) is 5.81. The van der Waals surface area contributed by atoms with E-state index < -0.39 is 0 Å². The maximum atomic E-state index is 12.5. The van der Waals surface area contributed by atoms with Gasteiger partial charge in [0.05, 0.1) is 12.6 Å². The zero-order valence-corrected chi connectivity index (χ0v) is 13.9. The molecule has 1 atom stereocenters. The average Bonchev–Trinajstić information content (AvgIpc) is 2.65. The zero-order valence-electron chi connectivity index (χ0n) is 13.9. The van der Waals surface area contributed by atoms with E-state index in [4.69, 9.17) is 0 Å². The number of nitrogens with zero attached hydrogens (tertiary/aromatic N) is 2. The van der Waals surface area contributed by atoms with E-state index in [9.17, 15) is 9.59 Å². The molecule has 0 aliphatic carbocycles. The van der Waals surface area contributed by atoms with Crippen molar-refractivity contribution in [3.63, 3.8) is 0 Å². The Morgan fingerprint density at radius 2 is 1.64 bits per heavy atom. The molecular weight excluding hydrogens is 314 g/mol. The summed E-state index contributed by atoms with van der Waals surface area (Å²) in [6.45, 7) is 2.24. The van der Waals surface area contributed by atoms with Crippen LogP contribution in [0.5, 0.6) is 0 Å². The van der Waals surface area contributed by atoms with Crippen molar-refractivity contribution in [2.75, 3.05) is 0 Å². The van der Waals surface area contributed by atoms with Crippen LogP contribution in [0.25, 0.3) is 0 Å². The van der Waals surface area contributed by atoms with Crippen molar-refractivity contribution in [2.45, 2.75) is 19.5 Å². The molecule has 0 spiro atoms. The van der Waals surface area contributed by atoms with Crippen LogP contribution in [0.1, 0.15) is 34.6 Å². The van der Waals surface area contributed by atoms with Crippen LogP contribution in [-0.4, -0.2) is 15.7 Å². The highest BCUT2D eigenvalue weighted by Crippen LogP contribution is 2.11. The first-order valence-electron chi connectivity index (χ1n) is 8.11. The van der Waals surface area contributed by atoms with Gasteiger partial charge >= 0.3 is 0 Å². The van der Waals surface area contributed by atoms with Gasteiger partial charge in [0.2, 0.25) is 0 Å². The number of nitrogens with one attached hydrogen (secondary N) is 1. The topological polar surface area (TPSA) is 64.0 Å². The van der Waals surface area contributed by atoms with Gasteiger partial charge < -0.3 is 5.32 Å². The maximum Gasteiger partial charge on any atom is 0.272 e. The standard InChI is InChI=1S/C20H19N3O2/c1-15(17-10-6-3-7-11-17)21-20(25)18-12-13-19(24)23(22-18)14-16-8-4-2-5-9-16/h2-13,15H,14H2,1H3,(H,21,25). The van der Waals surface area contributed by atoms with Crippen molar-refractivity contribution in [2.24, 2.45) is 0 Å². The Morgan fingerprint density at radius 3 is 2.32 bits per heavy atom. The lowest BCUT2D eigenvalue weighted by Crippen LogP contribution is -2.31. The van der Waals surface area contributed by atoms with E-state index in [0.717, 1.165) is 11.1 Å². The van der Waals surface area contributed by atoms with Gasteiger partial charge in [-0.1, -0.05) is 60.7 Å². The van der Waals surface area contributed by atoms with E-state index in [1.54, 1.807) is 0 Å². The van der Waals surface area contributed by atoms with Crippen molar-refractivity contribution < 1.29 is 4.79 Å². The molecule has 1 amide bonds. The molecule has 3 rings (SSSR count). The molecule has 1 N–H and O–H groups in total. The van der Waals surface area contributed by atoms with Crippen LogP contribution in [0, 0.1) is 0 Å². The summed E-state index contributed by atoms with van der Waals surface area (Å²) in [5.41, 5.74) is 1.94.